The van der Waals surface area contributed by atoms with E-state index in [2.05, 4.69) is 273 Å². The van der Waals surface area contributed by atoms with E-state index in [0.29, 0.717) is 0 Å². The first-order valence-electron chi connectivity index (χ1n) is 30.7. The molecule has 4 nitrogen and oxygen atoms in total. The van der Waals surface area contributed by atoms with E-state index < -0.39 is 0 Å². The molecular formula is C76H88BN3O. The molecule has 0 saturated carbocycles. The second-order valence-electron chi connectivity index (χ2n) is 31.5. The van der Waals surface area contributed by atoms with Gasteiger partial charge in [0.2, 0.25) is 0 Å². The van der Waals surface area contributed by atoms with E-state index >= 15 is 0 Å². The minimum atomic E-state index is -0.202. The highest BCUT2D eigenvalue weighted by molar-refractivity contribution is 7.00. The normalized spacial score (nSPS) is 19.5. The predicted molar refractivity (Wildman–Crippen MR) is 348 cm³/mol. The summed E-state index contributed by atoms with van der Waals surface area (Å²) in [6.45, 7) is 43.3. The van der Waals surface area contributed by atoms with Crippen LogP contribution in [0.2, 0.25) is 0 Å². The minimum Gasteiger partial charge on any atom is -0.468 e. The van der Waals surface area contributed by atoms with E-state index in [4.69, 9.17) is 4.42 Å². The molecule has 81 heavy (non-hydrogen) atoms. The van der Waals surface area contributed by atoms with Crippen LogP contribution in [-0.4, -0.2) is 6.71 Å². The molecule has 0 unspecified atom stereocenters. The van der Waals surface area contributed by atoms with Crippen molar-refractivity contribution in [1.82, 2.24) is 0 Å². The fraction of sp³-hybridized carbons (Fsp3) is 0.421. The molecule has 0 fully saturated rings. The van der Waals surface area contributed by atoms with Gasteiger partial charge in [-0.15, -0.1) is 0 Å². The maximum absolute atomic E-state index is 7.84. The zero-order valence-electron chi connectivity index (χ0n) is 52.3. The smallest absolute Gasteiger partial charge is 0.297 e. The van der Waals surface area contributed by atoms with Crippen LogP contribution in [0.1, 0.15) is 208 Å². The van der Waals surface area contributed by atoms with Gasteiger partial charge in [-0.1, -0.05) is 179 Å². The number of fused-ring (bicyclic) bond motifs is 9. The molecule has 0 spiro atoms. The molecule has 0 saturated heterocycles. The van der Waals surface area contributed by atoms with Crippen LogP contribution in [0.3, 0.4) is 0 Å². The molecule has 13 rings (SSSR count). The summed E-state index contributed by atoms with van der Waals surface area (Å²) < 4.78 is 7.84. The number of nitrogens with zero attached hydrogens (tertiary/aromatic N) is 3. The fourth-order valence-electron chi connectivity index (χ4n) is 15.2. The molecule has 0 atom stereocenters. The van der Waals surface area contributed by atoms with Crippen molar-refractivity contribution in [3.63, 3.8) is 0 Å². The standard InChI is InChI=1S/C76H88BN3O/c1-69(2,3)47-24-27-50(28-25-47)78(49-22-20-19-21-23-49)53-43-63-66-64(44-53)80(52-30-32-56-58(42-52)74(13,14)37-35-72(56,9)10)67-54-45-59-60(76(17,18)39-38-75(59,15)16)46-65(54)81-68(67)77(66)61-40-48(70(4,5)6)26-33-62(61)79(63)51-29-31-55-57(41-51)73(11,12)36-34-71(55,7)8/h19-33,40-46H,34-39H2,1-18H3. The average Bonchev–Trinajstić information content (AvgIpc) is 2.90. The summed E-state index contributed by atoms with van der Waals surface area (Å²) in [6.07, 6.45) is 6.89. The maximum Gasteiger partial charge on any atom is 0.297 e. The molecule has 7 aromatic carbocycles. The van der Waals surface area contributed by atoms with Crippen LogP contribution in [0.5, 0.6) is 0 Å². The van der Waals surface area contributed by atoms with E-state index in [0.717, 1.165) is 60.4 Å². The monoisotopic (exact) mass is 1070 g/mol. The van der Waals surface area contributed by atoms with Crippen LogP contribution in [0.15, 0.2) is 138 Å². The fourth-order valence-corrected chi connectivity index (χ4v) is 15.2. The molecule has 0 amide bonds. The van der Waals surface area contributed by atoms with Gasteiger partial charge in [0, 0.05) is 45.2 Å². The number of anilines is 9. The first-order chi connectivity index (χ1) is 37.9. The Morgan fingerprint density at radius 1 is 0.407 bits per heavy atom. The lowest BCUT2D eigenvalue weighted by Gasteiger charge is -2.46. The van der Waals surface area contributed by atoms with Gasteiger partial charge in [-0.25, -0.2) is 0 Å². The summed E-state index contributed by atoms with van der Waals surface area (Å²) in [6, 6.07) is 53.0. The van der Waals surface area contributed by atoms with Crippen molar-refractivity contribution in [3.05, 3.63) is 178 Å². The van der Waals surface area contributed by atoms with Gasteiger partial charge >= 0.3 is 0 Å². The third-order valence-electron chi connectivity index (χ3n) is 20.9. The molecule has 1 aromatic heterocycles. The molecule has 5 heteroatoms. The molecule has 3 heterocycles. The van der Waals surface area contributed by atoms with Crippen LogP contribution in [0, 0.1) is 0 Å². The van der Waals surface area contributed by atoms with Crippen molar-refractivity contribution in [2.45, 2.75) is 206 Å². The van der Waals surface area contributed by atoms with Gasteiger partial charge in [0.1, 0.15) is 5.58 Å². The van der Waals surface area contributed by atoms with Crippen LogP contribution in [0.4, 0.5) is 51.2 Å². The summed E-state index contributed by atoms with van der Waals surface area (Å²) >= 11 is 0. The Kier molecular flexibility index (Phi) is 11.7. The van der Waals surface area contributed by atoms with Crippen LogP contribution >= 0.6 is 0 Å². The largest absolute Gasteiger partial charge is 0.468 e. The highest BCUT2D eigenvalue weighted by Gasteiger charge is 2.50. The lowest BCUT2D eigenvalue weighted by atomic mass is 9.35. The second kappa shape index (κ2) is 17.5. The summed E-state index contributed by atoms with van der Waals surface area (Å²) in [4.78, 5) is 7.83. The topological polar surface area (TPSA) is 22.9 Å². The van der Waals surface area contributed by atoms with E-state index in [1.807, 2.05) is 0 Å². The second-order valence-corrected chi connectivity index (χ2v) is 31.5. The van der Waals surface area contributed by atoms with Gasteiger partial charge in [-0.3, -0.25) is 0 Å². The molecule has 0 radical (unpaired) electrons. The Balaban J connectivity index is 1.20. The molecule has 8 aromatic rings. The van der Waals surface area contributed by atoms with Gasteiger partial charge in [-0.2, -0.15) is 0 Å². The lowest BCUT2D eigenvalue weighted by Crippen LogP contribution is -2.61. The van der Waals surface area contributed by atoms with Gasteiger partial charge in [-0.05, 0) is 216 Å². The van der Waals surface area contributed by atoms with Gasteiger partial charge < -0.3 is 19.1 Å². The lowest BCUT2D eigenvalue weighted by molar-refractivity contribution is 0.332. The first kappa shape index (κ1) is 53.8. The van der Waals surface area contributed by atoms with Crippen LogP contribution in [-0.2, 0) is 43.3 Å². The predicted octanol–water partition coefficient (Wildman–Crippen LogP) is 19.6. The Morgan fingerprint density at radius 2 is 0.852 bits per heavy atom. The van der Waals surface area contributed by atoms with Crippen molar-refractivity contribution in [2.75, 3.05) is 14.7 Å². The number of hydrogen-bond acceptors (Lipinski definition) is 4. The molecule has 2 aliphatic heterocycles. The summed E-state index contributed by atoms with van der Waals surface area (Å²) in [5.41, 5.74) is 26.4. The van der Waals surface area contributed by atoms with Gasteiger partial charge in [0.05, 0.1) is 17.0 Å². The zero-order chi connectivity index (χ0) is 57.5. The third kappa shape index (κ3) is 8.41. The van der Waals surface area contributed by atoms with Crippen molar-refractivity contribution in [1.29, 1.82) is 0 Å². The highest BCUT2D eigenvalue weighted by atomic mass is 16.3. The summed E-state index contributed by atoms with van der Waals surface area (Å²) in [7, 11) is 0. The van der Waals surface area contributed by atoms with E-state index in [1.165, 1.54) is 101 Å². The average molecular weight is 1070 g/mol. The van der Waals surface area contributed by atoms with Gasteiger partial charge in [0.15, 0.2) is 0 Å². The zero-order valence-corrected chi connectivity index (χ0v) is 52.3. The summed E-state index contributed by atoms with van der Waals surface area (Å²) in [5.74, 6) is 0. The molecule has 0 N–H and O–H groups in total. The van der Waals surface area contributed by atoms with E-state index in [-0.39, 0.29) is 50.0 Å². The SMILES string of the molecule is CC(C)(C)c1ccc(N(c2ccccc2)c2cc3c4c(c2)N(c2ccc5c(c2)C(C)(C)CCC5(C)C)c2c(oc5cc6c(cc25)C(C)(C)CCC6(C)C)B4c2cc(C(C)(C)C)ccc2N3c2ccc3c(c2)C(C)(C)CCC3(C)C)cc1. The number of furan rings is 1. The van der Waals surface area contributed by atoms with E-state index in [9.17, 15) is 0 Å². The van der Waals surface area contributed by atoms with Gasteiger partial charge in [0.25, 0.3) is 6.71 Å². The minimum absolute atomic E-state index is 0.000699. The van der Waals surface area contributed by atoms with Crippen LogP contribution in [0.25, 0.3) is 11.0 Å². The Morgan fingerprint density at radius 3 is 1.37 bits per heavy atom. The Labute approximate surface area is 486 Å². The number of benzene rings is 7. The first-order valence-corrected chi connectivity index (χ1v) is 30.7. The van der Waals surface area contributed by atoms with Crippen molar-refractivity contribution in [3.8, 4) is 0 Å². The third-order valence-corrected chi connectivity index (χ3v) is 20.9. The quantitative estimate of drug-likeness (QED) is 0.160. The Bertz CT molecular complexity index is 3870. The summed E-state index contributed by atoms with van der Waals surface area (Å²) in [5, 5.41) is 1.19. The maximum atomic E-state index is 7.84. The Hall–Kier alpha value is -6.46. The molecule has 416 valence electrons. The van der Waals surface area contributed by atoms with E-state index in [1.54, 1.807) is 0 Å². The molecular weight excluding hydrogens is 982 g/mol. The van der Waals surface area contributed by atoms with Crippen molar-refractivity contribution in [2.24, 2.45) is 0 Å². The van der Waals surface area contributed by atoms with Crippen molar-refractivity contribution < 1.29 is 4.42 Å². The van der Waals surface area contributed by atoms with Crippen molar-refractivity contribution >= 4 is 85.5 Å². The molecule has 0 bridgehead atoms. The van der Waals surface area contributed by atoms with Crippen LogP contribution < -0.4 is 31.3 Å². The number of hydrogen-bond donors (Lipinski definition) is 0. The highest BCUT2D eigenvalue weighted by Crippen LogP contribution is 2.56. The number of rotatable bonds is 5. The molecule has 5 aliphatic rings. The number of para-hydroxylation sites is 1. The molecule has 3 aliphatic carbocycles.